The lowest BCUT2D eigenvalue weighted by molar-refractivity contribution is -0.135. The number of aliphatic hydroxyl groups excluding tert-OH is 1. The summed E-state index contributed by atoms with van der Waals surface area (Å²) >= 11 is 0. The summed E-state index contributed by atoms with van der Waals surface area (Å²) in [7, 11) is 1.79. The monoisotopic (exact) mass is 275 g/mol. The molecule has 1 aliphatic rings. The zero-order valence-corrected chi connectivity index (χ0v) is 12.7. The predicted octanol–water partition coefficient (Wildman–Crippen LogP) is 2.40. The highest BCUT2D eigenvalue weighted by Crippen LogP contribution is 2.32. The highest BCUT2D eigenvalue weighted by molar-refractivity contribution is 5.78. The average Bonchev–Trinajstić information content (AvgIpc) is 3.24. The molecule has 0 aromatic heterocycles. The maximum Gasteiger partial charge on any atom is 0.225 e. The minimum atomic E-state index is -0.351. The molecule has 1 aromatic carbocycles. The Balaban J connectivity index is 1.85. The molecule has 1 fully saturated rings. The minimum absolute atomic E-state index is 0.0471. The van der Waals surface area contributed by atoms with E-state index in [9.17, 15) is 9.90 Å². The first kappa shape index (κ1) is 15.0. The van der Waals surface area contributed by atoms with Gasteiger partial charge in [-0.2, -0.15) is 0 Å². The highest BCUT2D eigenvalue weighted by atomic mass is 16.3. The van der Waals surface area contributed by atoms with Gasteiger partial charge >= 0.3 is 0 Å². The van der Waals surface area contributed by atoms with Crippen molar-refractivity contribution in [2.24, 2.45) is 11.8 Å². The maximum atomic E-state index is 12.3. The molecule has 20 heavy (non-hydrogen) atoms. The van der Waals surface area contributed by atoms with Gasteiger partial charge in [0.2, 0.25) is 5.91 Å². The number of nitrogens with zero attached hydrogens (tertiary/aromatic N) is 1. The predicted molar refractivity (Wildman–Crippen MR) is 80.4 cm³/mol. The van der Waals surface area contributed by atoms with Crippen LogP contribution < -0.4 is 0 Å². The third-order valence-corrected chi connectivity index (χ3v) is 4.09. The van der Waals surface area contributed by atoms with Gasteiger partial charge in [0.25, 0.3) is 0 Å². The fourth-order valence-electron chi connectivity index (χ4n) is 2.54. The summed E-state index contributed by atoms with van der Waals surface area (Å²) in [6, 6.07) is 8.32. The summed E-state index contributed by atoms with van der Waals surface area (Å²) in [6.45, 7) is 4.48. The van der Waals surface area contributed by atoms with E-state index in [1.807, 2.05) is 6.92 Å². The van der Waals surface area contributed by atoms with Crippen LogP contribution in [-0.4, -0.2) is 35.6 Å². The average molecular weight is 275 g/mol. The quantitative estimate of drug-likeness (QED) is 0.866. The number of carbonyl (C=O) groups is 1. The molecule has 1 aliphatic carbocycles. The van der Waals surface area contributed by atoms with Crippen LogP contribution in [0.15, 0.2) is 24.3 Å². The number of carbonyl (C=O) groups excluding carboxylic acids is 1. The lowest BCUT2D eigenvalue weighted by Gasteiger charge is -2.24. The molecule has 0 heterocycles. The molecular weight excluding hydrogens is 250 g/mol. The standard InChI is InChI=1S/C17H25NO2/c1-12-4-6-14(7-5-12)10-13(2)17(20)18(3)11-16(19)15-8-9-15/h4-7,13,15-16,19H,8-11H2,1-3H3. The second kappa shape index (κ2) is 6.40. The summed E-state index contributed by atoms with van der Waals surface area (Å²) in [6.07, 6.45) is 2.60. The molecular formula is C17H25NO2. The maximum absolute atomic E-state index is 12.3. The molecule has 0 radical (unpaired) electrons. The van der Waals surface area contributed by atoms with Crippen LogP contribution in [0, 0.1) is 18.8 Å². The Morgan fingerprint density at radius 3 is 2.50 bits per heavy atom. The number of amides is 1. The first-order valence-electron chi connectivity index (χ1n) is 7.46. The van der Waals surface area contributed by atoms with E-state index in [4.69, 9.17) is 0 Å². The van der Waals surface area contributed by atoms with E-state index in [2.05, 4.69) is 31.2 Å². The lowest BCUT2D eigenvalue weighted by Crippen LogP contribution is -2.38. The van der Waals surface area contributed by atoms with E-state index >= 15 is 0 Å². The lowest BCUT2D eigenvalue weighted by atomic mass is 9.99. The summed E-state index contributed by atoms with van der Waals surface area (Å²) in [5, 5.41) is 9.92. The smallest absolute Gasteiger partial charge is 0.225 e. The topological polar surface area (TPSA) is 40.5 Å². The molecule has 0 spiro atoms. The van der Waals surface area contributed by atoms with Gasteiger partial charge < -0.3 is 10.0 Å². The number of likely N-dealkylation sites (N-methyl/N-ethyl adjacent to an activating group) is 1. The summed E-state index contributed by atoms with van der Waals surface area (Å²) in [5.41, 5.74) is 2.42. The number of benzene rings is 1. The normalized spacial score (nSPS) is 17.6. The molecule has 2 rings (SSSR count). The van der Waals surface area contributed by atoms with E-state index < -0.39 is 0 Å². The van der Waals surface area contributed by atoms with Crippen molar-refractivity contribution < 1.29 is 9.90 Å². The summed E-state index contributed by atoms with van der Waals surface area (Å²) in [5.74, 6) is 0.483. The minimum Gasteiger partial charge on any atom is -0.391 e. The number of aryl methyl sites for hydroxylation is 1. The van der Waals surface area contributed by atoms with E-state index in [1.165, 1.54) is 11.1 Å². The molecule has 2 unspecified atom stereocenters. The van der Waals surface area contributed by atoms with Crippen LogP contribution in [0.5, 0.6) is 0 Å². The summed E-state index contributed by atoms with van der Waals surface area (Å²) in [4.78, 5) is 14.0. The zero-order chi connectivity index (χ0) is 14.7. The third kappa shape index (κ3) is 4.07. The molecule has 3 heteroatoms. The van der Waals surface area contributed by atoms with Crippen molar-refractivity contribution in [3.8, 4) is 0 Å². The second-order valence-corrected chi connectivity index (χ2v) is 6.21. The number of hydrogen-bond acceptors (Lipinski definition) is 2. The van der Waals surface area contributed by atoms with Gasteiger partial charge in [0, 0.05) is 19.5 Å². The highest BCUT2D eigenvalue weighted by Gasteiger charge is 2.31. The molecule has 0 saturated heterocycles. The van der Waals surface area contributed by atoms with Crippen LogP contribution in [0.1, 0.15) is 30.9 Å². The van der Waals surface area contributed by atoms with Crippen LogP contribution in [-0.2, 0) is 11.2 Å². The van der Waals surface area contributed by atoms with Crippen molar-refractivity contribution in [3.63, 3.8) is 0 Å². The third-order valence-electron chi connectivity index (χ3n) is 4.09. The van der Waals surface area contributed by atoms with Crippen molar-refractivity contribution in [2.75, 3.05) is 13.6 Å². The van der Waals surface area contributed by atoms with E-state index in [1.54, 1.807) is 11.9 Å². The van der Waals surface area contributed by atoms with Gasteiger partial charge in [0.15, 0.2) is 0 Å². The van der Waals surface area contributed by atoms with Crippen LogP contribution >= 0.6 is 0 Å². The van der Waals surface area contributed by atoms with E-state index in [0.29, 0.717) is 12.5 Å². The van der Waals surface area contributed by atoms with Crippen molar-refractivity contribution >= 4 is 5.91 Å². The van der Waals surface area contributed by atoms with Gasteiger partial charge in [-0.15, -0.1) is 0 Å². The Labute approximate surface area is 121 Å². The van der Waals surface area contributed by atoms with Crippen LogP contribution in [0.2, 0.25) is 0 Å². The largest absolute Gasteiger partial charge is 0.391 e. The SMILES string of the molecule is Cc1ccc(CC(C)C(=O)N(C)CC(O)C2CC2)cc1. The molecule has 1 aromatic rings. The van der Waals surface area contributed by atoms with E-state index in [0.717, 1.165) is 19.3 Å². The van der Waals surface area contributed by atoms with Crippen molar-refractivity contribution in [1.82, 2.24) is 4.90 Å². The first-order chi connectivity index (χ1) is 9.47. The fraction of sp³-hybridized carbons (Fsp3) is 0.588. The van der Waals surface area contributed by atoms with Crippen molar-refractivity contribution in [2.45, 2.75) is 39.2 Å². The van der Waals surface area contributed by atoms with Gasteiger partial charge in [-0.25, -0.2) is 0 Å². The van der Waals surface area contributed by atoms with Crippen LogP contribution in [0.4, 0.5) is 0 Å². The van der Waals surface area contributed by atoms with Crippen LogP contribution in [0.3, 0.4) is 0 Å². The van der Waals surface area contributed by atoms with Crippen molar-refractivity contribution in [1.29, 1.82) is 0 Å². The number of hydrogen-bond donors (Lipinski definition) is 1. The van der Waals surface area contributed by atoms with Gasteiger partial charge in [0.05, 0.1) is 6.10 Å². The molecule has 1 amide bonds. The van der Waals surface area contributed by atoms with Crippen LogP contribution in [0.25, 0.3) is 0 Å². The Kier molecular flexibility index (Phi) is 4.81. The first-order valence-corrected chi connectivity index (χ1v) is 7.46. The summed E-state index contributed by atoms with van der Waals surface area (Å²) < 4.78 is 0. The fourth-order valence-corrected chi connectivity index (χ4v) is 2.54. The molecule has 3 nitrogen and oxygen atoms in total. The molecule has 2 atom stereocenters. The van der Waals surface area contributed by atoms with Gasteiger partial charge in [-0.1, -0.05) is 36.8 Å². The molecule has 110 valence electrons. The second-order valence-electron chi connectivity index (χ2n) is 6.21. The number of rotatable bonds is 6. The Bertz CT molecular complexity index is 451. The molecule has 1 saturated carbocycles. The van der Waals surface area contributed by atoms with Crippen molar-refractivity contribution in [3.05, 3.63) is 35.4 Å². The zero-order valence-electron chi connectivity index (χ0n) is 12.7. The van der Waals surface area contributed by atoms with Gasteiger partial charge in [0.1, 0.15) is 0 Å². The Morgan fingerprint density at radius 2 is 1.95 bits per heavy atom. The number of aliphatic hydroxyl groups is 1. The molecule has 0 bridgehead atoms. The Hall–Kier alpha value is -1.35. The van der Waals surface area contributed by atoms with Gasteiger partial charge in [-0.3, -0.25) is 4.79 Å². The van der Waals surface area contributed by atoms with E-state index in [-0.39, 0.29) is 17.9 Å². The molecule has 0 aliphatic heterocycles. The Morgan fingerprint density at radius 1 is 1.35 bits per heavy atom. The van der Waals surface area contributed by atoms with Gasteiger partial charge in [-0.05, 0) is 37.7 Å². The molecule has 1 N–H and O–H groups in total.